The summed E-state index contributed by atoms with van der Waals surface area (Å²) in [5.74, 6) is 0. The van der Waals surface area contributed by atoms with E-state index in [1.165, 1.54) is 11.3 Å². The number of nitrogens with zero attached hydrogens (tertiary/aromatic N) is 2. The summed E-state index contributed by atoms with van der Waals surface area (Å²) in [6, 6.07) is 0. The van der Waals surface area contributed by atoms with Gasteiger partial charge >= 0.3 is 0 Å². The molecule has 1 saturated heterocycles. The van der Waals surface area contributed by atoms with E-state index < -0.39 is 0 Å². The highest BCUT2D eigenvalue weighted by molar-refractivity contribution is 7.09. The molecule has 0 aromatic carbocycles. The van der Waals surface area contributed by atoms with Gasteiger partial charge in [0.1, 0.15) is 0 Å². The highest BCUT2D eigenvalue weighted by Crippen LogP contribution is 2.11. The van der Waals surface area contributed by atoms with Crippen LogP contribution in [0, 0.1) is 6.92 Å². The molecule has 1 fully saturated rings. The van der Waals surface area contributed by atoms with Crippen LogP contribution in [0.2, 0.25) is 0 Å². The molecule has 5 heteroatoms. The van der Waals surface area contributed by atoms with Gasteiger partial charge in [0.25, 0.3) is 0 Å². The van der Waals surface area contributed by atoms with Gasteiger partial charge < -0.3 is 15.3 Å². The Balaban J connectivity index is 1.53. The van der Waals surface area contributed by atoms with Crippen molar-refractivity contribution in [1.29, 1.82) is 0 Å². The summed E-state index contributed by atoms with van der Waals surface area (Å²) in [6.45, 7) is 7.30. The van der Waals surface area contributed by atoms with Crippen LogP contribution in [0.25, 0.3) is 0 Å². The average molecular weight is 269 g/mol. The lowest BCUT2D eigenvalue weighted by Gasteiger charge is -2.29. The van der Waals surface area contributed by atoms with E-state index in [1.807, 2.05) is 5.51 Å². The van der Waals surface area contributed by atoms with Gasteiger partial charge in [-0.25, -0.2) is 4.98 Å². The Bertz CT molecular complexity index is 348. The van der Waals surface area contributed by atoms with Gasteiger partial charge in [-0.3, -0.25) is 0 Å². The Labute approximate surface area is 113 Å². The zero-order valence-corrected chi connectivity index (χ0v) is 11.9. The number of hydrogen-bond acceptors (Lipinski definition) is 5. The summed E-state index contributed by atoms with van der Waals surface area (Å²) < 4.78 is 0. The summed E-state index contributed by atoms with van der Waals surface area (Å²) >= 11 is 1.72. The third-order valence-electron chi connectivity index (χ3n) is 3.52. The minimum Gasteiger partial charge on any atom is -0.393 e. The van der Waals surface area contributed by atoms with E-state index >= 15 is 0 Å². The Kier molecular flexibility index (Phi) is 5.56. The maximum absolute atomic E-state index is 9.42. The van der Waals surface area contributed by atoms with Gasteiger partial charge in [-0.15, -0.1) is 11.3 Å². The number of thiazole rings is 1. The Morgan fingerprint density at radius 3 is 2.94 bits per heavy atom. The van der Waals surface area contributed by atoms with Crippen molar-refractivity contribution in [2.45, 2.75) is 38.8 Å². The molecule has 0 radical (unpaired) electrons. The predicted octanol–water partition coefficient (Wildman–Crippen LogP) is 1.39. The van der Waals surface area contributed by atoms with Crippen molar-refractivity contribution in [2.24, 2.45) is 0 Å². The number of nitrogens with one attached hydrogen (secondary N) is 1. The van der Waals surface area contributed by atoms with Crippen LogP contribution in [0.15, 0.2) is 5.51 Å². The van der Waals surface area contributed by atoms with Crippen LogP contribution in [0.1, 0.15) is 29.8 Å². The van der Waals surface area contributed by atoms with Crippen LogP contribution >= 0.6 is 11.3 Å². The summed E-state index contributed by atoms with van der Waals surface area (Å²) in [4.78, 5) is 8.04. The topological polar surface area (TPSA) is 48.4 Å². The van der Waals surface area contributed by atoms with E-state index in [0.717, 1.165) is 51.3 Å². The number of aliphatic hydroxyl groups excluding tert-OH is 1. The molecule has 0 aliphatic carbocycles. The van der Waals surface area contributed by atoms with E-state index in [1.54, 1.807) is 11.3 Å². The summed E-state index contributed by atoms with van der Waals surface area (Å²) in [7, 11) is 0. The summed E-state index contributed by atoms with van der Waals surface area (Å²) in [5, 5.41) is 12.9. The lowest BCUT2D eigenvalue weighted by molar-refractivity contribution is 0.0821. The lowest BCUT2D eigenvalue weighted by atomic mass is 10.1. The van der Waals surface area contributed by atoms with Crippen LogP contribution in [0.5, 0.6) is 0 Å². The molecule has 0 saturated carbocycles. The molecule has 1 aromatic rings. The monoisotopic (exact) mass is 269 g/mol. The molecule has 2 heterocycles. The van der Waals surface area contributed by atoms with Crippen molar-refractivity contribution in [1.82, 2.24) is 15.2 Å². The van der Waals surface area contributed by atoms with Crippen molar-refractivity contribution >= 4 is 11.3 Å². The van der Waals surface area contributed by atoms with E-state index in [4.69, 9.17) is 0 Å². The number of aromatic nitrogens is 1. The molecule has 18 heavy (non-hydrogen) atoms. The van der Waals surface area contributed by atoms with Crippen molar-refractivity contribution in [3.8, 4) is 0 Å². The number of likely N-dealkylation sites (tertiary alicyclic amines) is 1. The van der Waals surface area contributed by atoms with E-state index in [0.29, 0.717) is 0 Å². The van der Waals surface area contributed by atoms with Crippen LogP contribution in [-0.4, -0.2) is 47.3 Å². The molecule has 0 bridgehead atoms. The second kappa shape index (κ2) is 7.19. The minimum atomic E-state index is -0.0614. The largest absolute Gasteiger partial charge is 0.393 e. The van der Waals surface area contributed by atoms with Gasteiger partial charge in [-0.05, 0) is 39.3 Å². The predicted molar refractivity (Wildman–Crippen MR) is 74.9 cm³/mol. The SMILES string of the molecule is Cc1ncsc1CNCCCN1CCC(O)CC1. The fraction of sp³-hybridized carbons (Fsp3) is 0.769. The normalized spacial score (nSPS) is 18.3. The fourth-order valence-electron chi connectivity index (χ4n) is 2.27. The maximum atomic E-state index is 9.42. The highest BCUT2D eigenvalue weighted by atomic mass is 32.1. The fourth-order valence-corrected chi connectivity index (χ4v) is 3.02. The molecular formula is C13H23N3OS. The molecule has 4 nitrogen and oxygen atoms in total. The molecule has 1 aliphatic heterocycles. The average Bonchev–Trinajstić information content (AvgIpc) is 2.77. The van der Waals surface area contributed by atoms with Crippen LogP contribution in [-0.2, 0) is 6.54 Å². The molecule has 2 rings (SSSR count). The quantitative estimate of drug-likeness (QED) is 0.766. The Hall–Kier alpha value is -0.490. The van der Waals surface area contributed by atoms with E-state index in [2.05, 4.69) is 22.1 Å². The first-order chi connectivity index (χ1) is 8.75. The Morgan fingerprint density at radius 1 is 1.50 bits per heavy atom. The van der Waals surface area contributed by atoms with E-state index in [9.17, 15) is 5.11 Å². The molecule has 0 atom stereocenters. The molecule has 2 N–H and O–H groups in total. The van der Waals surface area contributed by atoms with Gasteiger partial charge in [0.05, 0.1) is 17.3 Å². The molecule has 102 valence electrons. The van der Waals surface area contributed by atoms with Crippen molar-refractivity contribution in [3.63, 3.8) is 0 Å². The molecule has 0 spiro atoms. The molecule has 0 unspecified atom stereocenters. The van der Waals surface area contributed by atoms with Gasteiger partial charge in [0.15, 0.2) is 0 Å². The number of hydrogen-bond donors (Lipinski definition) is 2. The molecule has 0 amide bonds. The number of aliphatic hydroxyl groups is 1. The molecule has 1 aliphatic rings. The third kappa shape index (κ3) is 4.31. The molecular weight excluding hydrogens is 246 g/mol. The van der Waals surface area contributed by atoms with Crippen molar-refractivity contribution < 1.29 is 5.11 Å². The first-order valence-electron chi connectivity index (χ1n) is 6.76. The number of rotatable bonds is 6. The first-order valence-corrected chi connectivity index (χ1v) is 7.64. The van der Waals surface area contributed by atoms with Gasteiger partial charge in [0.2, 0.25) is 0 Å². The molecule has 1 aromatic heterocycles. The standard InChI is InChI=1S/C13H23N3OS/c1-11-13(18-10-15-11)9-14-5-2-6-16-7-3-12(17)4-8-16/h10,12,14,17H,2-9H2,1H3. The van der Waals surface area contributed by atoms with Crippen LogP contribution < -0.4 is 5.32 Å². The smallest absolute Gasteiger partial charge is 0.0798 e. The third-order valence-corrected chi connectivity index (χ3v) is 4.45. The van der Waals surface area contributed by atoms with E-state index in [-0.39, 0.29) is 6.10 Å². The van der Waals surface area contributed by atoms with Crippen molar-refractivity contribution in [2.75, 3.05) is 26.2 Å². The minimum absolute atomic E-state index is 0.0614. The zero-order valence-electron chi connectivity index (χ0n) is 11.1. The lowest BCUT2D eigenvalue weighted by Crippen LogP contribution is -2.37. The summed E-state index contributed by atoms with van der Waals surface area (Å²) in [5.41, 5.74) is 3.06. The second-order valence-corrected chi connectivity index (χ2v) is 5.90. The zero-order chi connectivity index (χ0) is 12.8. The van der Waals surface area contributed by atoms with Crippen molar-refractivity contribution in [3.05, 3.63) is 16.1 Å². The van der Waals surface area contributed by atoms with Crippen LogP contribution in [0.3, 0.4) is 0 Å². The van der Waals surface area contributed by atoms with Gasteiger partial charge in [-0.2, -0.15) is 0 Å². The van der Waals surface area contributed by atoms with Gasteiger partial charge in [-0.1, -0.05) is 0 Å². The Morgan fingerprint density at radius 2 is 2.28 bits per heavy atom. The summed E-state index contributed by atoms with van der Waals surface area (Å²) in [6.07, 6.45) is 2.99. The first kappa shape index (κ1) is 13.9. The maximum Gasteiger partial charge on any atom is 0.0798 e. The number of aryl methyl sites for hydroxylation is 1. The second-order valence-electron chi connectivity index (χ2n) is 4.96. The number of piperidine rings is 1. The van der Waals surface area contributed by atoms with Gasteiger partial charge in [0, 0.05) is 24.5 Å². The van der Waals surface area contributed by atoms with Crippen LogP contribution in [0.4, 0.5) is 0 Å². The highest BCUT2D eigenvalue weighted by Gasteiger charge is 2.15.